The van der Waals surface area contributed by atoms with Crippen LogP contribution in [0.3, 0.4) is 0 Å². The Labute approximate surface area is 511 Å². The maximum absolute atomic E-state index is 13.0. The molecule has 6 atom stereocenters. The lowest BCUT2D eigenvalue weighted by molar-refractivity contribution is -0.161. The largest absolute Gasteiger partial charge is 0.472 e. The minimum atomic E-state index is -4.95. The van der Waals surface area contributed by atoms with Crippen LogP contribution >= 0.6 is 15.6 Å². The molecular weight excluding hydrogens is 1110 g/mol. The van der Waals surface area contributed by atoms with Gasteiger partial charge in [0.25, 0.3) is 0 Å². The van der Waals surface area contributed by atoms with Crippen LogP contribution in [0.1, 0.15) is 312 Å². The van der Waals surface area contributed by atoms with Crippen LogP contribution in [0.2, 0.25) is 0 Å². The minimum absolute atomic E-state index is 0.102. The highest BCUT2D eigenvalue weighted by molar-refractivity contribution is 7.47. The van der Waals surface area contributed by atoms with Crippen molar-refractivity contribution in [1.29, 1.82) is 0 Å². The summed E-state index contributed by atoms with van der Waals surface area (Å²) in [6, 6.07) is 0. The van der Waals surface area contributed by atoms with Crippen LogP contribution in [-0.2, 0) is 65.4 Å². The summed E-state index contributed by atoms with van der Waals surface area (Å²) < 4.78 is 68.0. The molecule has 0 aliphatic rings. The fourth-order valence-electron chi connectivity index (χ4n) is 9.57. The zero-order chi connectivity index (χ0) is 62.5. The highest BCUT2D eigenvalue weighted by Gasteiger charge is 2.30. The zero-order valence-electron chi connectivity index (χ0n) is 54.5. The molecule has 0 aliphatic carbocycles. The number of ether oxygens (including phenoxy) is 4. The number of rotatable bonds is 62. The Morgan fingerprint density at radius 3 is 0.845 bits per heavy atom. The smallest absolute Gasteiger partial charge is 0.462 e. The monoisotopic (exact) mass is 1240 g/mol. The molecule has 3 N–H and O–H groups in total. The van der Waals surface area contributed by atoms with E-state index in [1.807, 2.05) is 0 Å². The quantitative estimate of drug-likeness (QED) is 0.0222. The molecule has 17 nitrogen and oxygen atoms in total. The van der Waals surface area contributed by atoms with Crippen LogP contribution in [0.4, 0.5) is 0 Å². The summed E-state index contributed by atoms with van der Waals surface area (Å²) in [5.41, 5.74) is 0. The third kappa shape index (κ3) is 57.8. The van der Waals surface area contributed by atoms with Gasteiger partial charge in [0.15, 0.2) is 12.2 Å². The fourth-order valence-corrected chi connectivity index (χ4v) is 11.2. The summed E-state index contributed by atoms with van der Waals surface area (Å²) in [7, 11) is -9.89. The van der Waals surface area contributed by atoms with Gasteiger partial charge in [0.1, 0.15) is 19.3 Å². The number of carbonyl (C=O) groups excluding carboxylic acids is 4. The molecule has 0 bridgehead atoms. The Kier molecular flexibility index (Phi) is 53.9. The molecule has 0 aromatic heterocycles. The average molecular weight is 1240 g/mol. The van der Waals surface area contributed by atoms with Crippen molar-refractivity contribution in [3.63, 3.8) is 0 Å². The van der Waals surface area contributed by atoms with Crippen LogP contribution < -0.4 is 0 Å². The van der Waals surface area contributed by atoms with Gasteiger partial charge in [-0.2, -0.15) is 0 Å². The number of aliphatic hydroxyl groups excluding tert-OH is 1. The van der Waals surface area contributed by atoms with Gasteiger partial charge >= 0.3 is 39.5 Å². The van der Waals surface area contributed by atoms with E-state index in [0.717, 1.165) is 108 Å². The summed E-state index contributed by atoms with van der Waals surface area (Å²) in [5.74, 6) is 0.764. The van der Waals surface area contributed by atoms with Crippen LogP contribution in [0.15, 0.2) is 0 Å². The van der Waals surface area contributed by atoms with Crippen molar-refractivity contribution in [2.24, 2.45) is 23.7 Å². The summed E-state index contributed by atoms with van der Waals surface area (Å²) in [6.07, 6.45) is 35.0. The van der Waals surface area contributed by atoms with Crippen molar-refractivity contribution in [3.05, 3.63) is 0 Å². The SMILES string of the molecule is CCC(C)CCCCCCCCCCCCC(=O)O[C@H](COC(=O)CCCCCCCCCCC(C)C)COP(=O)(O)OC[C@@H](O)COP(=O)(O)OC[C@@H](COC(=O)CCCCCCCCC(C)C)OC(=O)CCCCCCCCCC(C)C. The molecule has 19 heteroatoms. The first-order chi connectivity index (χ1) is 40.1. The number of phosphoric acid groups is 2. The third-order valence-electron chi connectivity index (χ3n) is 15.2. The highest BCUT2D eigenvalue weighted by Crippen LogP contribution is 2.45. The van der Waals surface area contributed by atoms with Crippen molar-refractivity contribution in [3.8, 4) is 0 Å². The predicted molar refractivity (Wildman–Crippen MR) is 335 cm³/mol. The third-order valence-corrected chi connectivity index (χ3v) is 17.1. The van der Waals surface area contributed by atoms with E-state index in [0.29, 0.717) is 37.5 Å². The molecule has 0 amide bonds. The number of hydrogen-bond acceptors (Lipinski definition) is 15. The normalized spacial score (nSPS) is 14.7. The Hall–Kier alpha value is -1.94. The van der Waals surface area contributed by atoms with Crippen molar-refractivity contribution in [2.75, 3.05) is 39.6 Å². The molecule has 0 fully saturated rings. The van der Waals surface area contributed by atoms with Gasteiger partial charge in [-0.15, -0.1) is 0 Å². The maximum atomic E-state index is 13.0. The molecule has 0 radical (unpaired) electrons. The van der Waals surface area contributed by atoms with Gasteiger partial charge in [0.2, 0.25) is 0 Å². The van der Waals surface area contributed by atoms with Crippen LogP contribution in [0.5, 0.6) is 0 Å². The van der Waals surface area contributed by atoms with Gasteiger partial charge in [-0.05, 0) is 49.4 Å². The van der Waals surface area contributed by atoms with Gasteiger partial charge in [-0.1, -0.05) is 261 Å². The second-order valence-electron chi connectivity index (χ2n) is 25.2. The van der Waals surface area contributed by atoms with E-state index in [4.69, 9.17) is 37.0 Å². The van der Waals surface area contributed by atoms with Crippen molar-refractivity contribution < 1.29 is 80.2 Å². The van der Waals surface area contributed by atoms with Crippen LogP contribution in [0.25, 0.3) is 0 Å². The molecule has 0 aromatic carbocycles. The second-order valence-corrected chi connectivity index (χ2v) is 28.1. The van der Waals surface area contributed by atoms with Gasteiger partial charge < -0.3 is 33.8 Å². The van der Waals surface area contributed by atoms with Gasteiger partial charge in [0.05, 0.1) is 26.4 Å². The maximum Gasteiger partial charge on any atom is 0.472 e. The van der Waals surface area contributed by atoms with Gasteiger partial charge in [-0.25, -0.2) is 9.13 Å². The lowest BCUT2D eigenvalue weighted by Crippen LogP contribution is -2.30. The Balaban J connectivity index is 5.25. The molecule has 0 spiro atoms. The number of phosphoric ester groups is 2. The van der Waals surface area contributed by atoms with Gasteiger partial charge in [-0.3, -0.25) is 37.3 Å². The predicted octanol–water partition coefficient (Wildman–Crippen LogP) is 17.8. The highest BCUT2D eigenvalue weighted by atomic mass is 31.2. The number of esters is 4. The summed E-state index contributed by atoms with van der Waals surface area (Å²) in [4.78, 5) is 72.2. The molecule has 0 heterocycles. The van der Waals surface area contributed by atoms with Crippen LogP contribution in [0, 0.1) is 23.7 Å². The van der Waals surface area contributed by atoms with Crippen molar-refractivity contribution >= 4 is 39.5 Å². The summed E-state index contributed by atoms with van der Waals surface area (Å²) in [5, 5.41) is 10.5. The first kappa shape index (κ1) is 82.1. The molecule has 0 rings (SSSR count). The molecule has 0 aliphatic heterocycles. The Bertz CT molecular complexity index is 1680. The topological polar surface area (TPSA) is 237 Å². The lowest BCUT2D eigenvalue weighted by atomic mass is 9.99. The number of aliphatic hydroxyl groups is 1. The number of carbonyl (C=O) groups is 4. The molecule has 0 saturated carbocycles. The van der Waals surface area contributed by atoms with E-state index in [1.54, 1.807) is 0 Å². The minimum Gasteiger partial charge on any atom is -0.462 e. The average Bonchev–Trinajstić information content (AvgIpc) is 3.44. The summed E-state index contributed by atoms with van der Waals surface area (Å²) >= 11 is 0. The molecule has 3 unspecified atom stereocenters. The zero-order valence-corrected chi connectivity index (χ0v) is 56.3. The van der Waals surface area contributed by atoms with E-state index in [-0.39, 0.29) is 25.7 Å². The van der Waals surface area contributed by atoms with E-state index in [1.165, 1.54) is 109 Å². The van der Waals surface area contributed by atoms with Crippen molar-refractivity contribution in [1.82, 2.24) is 0 Å². The fraction of sp³-hybridized carbons (Fsp3) is 0.938. The van der Waals surface area contributed by atoms with E-state index in [9.17, 15) is 43.2 Å². The summed E-state index contributed by atoms with van der Waals surface area (Å²) in [6.45, 7) is 13.9. The first-order valence-corrected chi connectivity index (χ1v) is 36.7. The van der Waals surface area contributed by atoms with Crippen LogP contribution in [-0.4, -0.2) is 96.7 Å². The number of unbranched alkanes of at least 4 members (excludes halogenated alkanes) is 27. The molecule has 0 saturated heterocycles. The Morgan fingerprint density at radius 1 is 0.333 bits per heavy atom. The lowest BCUT2D eigenvalue weighted by Gasteiger charge is -2.21. The standard InChI is InChI=1S/C65H126O17P2/c1-9-58(8)44-36-28-19-12-10-11-13-21-31-39-47-64(69)81-60(51-75-62(67)45-37-29-20-15-14-17-25-33-41-55(2)3)53-79-83(71,72)77-49-59(66)50-78-84(73,74)80-54-61(52-76-63(68)46-38-30-24-23-27-35-43-57(6)7)82-65(70)48-40-32-22-16-18-26-34-42-56(4)5/h55-61,66H,9-54H2,1-8H3,(H,71,72)(H,73,74)/t58?,59-,60-,61-/m1/s1. The van der Waals surface area contributed by atoms with E-state index >= 15 is 0 Å². The molecule has 84 heavy (non-hydrogen) atoms. The molecular formula is C65H126O17P2. The van der Waals surface area contributed by atoms with E-state index in [2.05, 4.69) is 55.4 Å². The van der Waals surface area contributed by atoms with Crippen molar-refractivity contribution in [2.45, 2.75) is 331 Å². The molecule has 498 valence electrons. The molecule has 0 aromatic rings. The second kappa shape index (κ2) is 55.2. The Morgan fingerprint density at radius 2 is 0.571 bits per heavy atom. The van der Waals surface area contributed by atoms with E-state index < -0.39 is 97.5 Å². The number of hydrogen-bond donors (Lipinski definition) is 3. The van der Waals surface area contributed by atoms with Gasteiger partial charge in [0, 0.05) is 25.7 Å². The first-order valence-electron chi connectivity index (χ1n) is 33.7.